The molecule has 0 unspecified atom stereocenters. The Labute approximate surface area is 169 Å². The van der Waals surface area contributed by atoms with Crippen molar-refractivity contribution in [3.8, 4) is 5.75 Å². The molecule has 5 nitrogen and oxygen atoms in total. The van der Waals surface area contributed by atoms with Gasteiger partial charge in [-0.15, -0.1) is 0 Å². The summed E-state index contributed by atoms with van der Waals surface area (Å²) in [5, 5.41) is 3.06. The molecule has 0 saturated heterocycles. The van der Waals surface area contributed by atoms with Crippen molar-refractivity contribution in [2.24, 2.45) is 0 Å². The predicted octanol–water partition coefficient (Wildman–Crippen LogP) is 3.96. The first-order chi connectivity index (χ1) is 13.4. The van der Waals surface area contributed by atoms with Crippen molar-refractivity contribution >= 4 is 11.6 Å². The lowest BCUT2D eigenvalue weighted by Gasteiger charge is -2.26. The Balaban J connectivity index is 1.96. The van der Waals surface area contributed by atoms with Crippen molar-refractivity contribution in [3.63, 3.8) is 0 Å². The Bertz CT molecular complexity index is 725. The highest BCUT2D eigenvalue weighted by molar-refractivity contribution is 5.94. The fraction of sp³-hybridized carbons (Fsp3) is 0.435. The van der Waals surface area contributed by atoms with E-state index in [1.165, 1.54) is 5.56 Å². The molecule has 0 aliphatic rings. The molecule has 0 spiro atoms. The number of benzene rings is 2. The molecule has 28 heavy (non-hydrogen) atoms. The molecular formula is C23H33N3O2. The number of anilines is 1. The number of likely N-dealkylation sites (N-methyl/N-ethyl adjacent to an activating group) is 1. The highest BCUT2D eigenvalue weighted by atomic mass is 16.5. The summed E-state index contributed by atoms with van der Waals surface area (Å²) in [7, 11) is 8.11. The molecule has 0 aromatic heterocycles. The van der Waals surface area contributed by atoms with Crippen molar-refractivity contribution in [3.05, 3.63) is 59.7 Å². The van der Waals surface area contributed by atoms with Gasteiger partial charge in [0, 0.05) is 31.9 Å². The van der Waals surface area contributed by atoms with Crippen LogP contribution in [0.25, 0.3) is 0 Å². The van der Waals surface area contributed by atoms with E-state index in [0.717, 1.165) is 24.3 Å². The highest BCUT2D eigenvalue weighted by Gasteiger charge is 2.16. The Morgan fingerprint density at radius 1 is 1.00 bits per heavy atom. The van der Waals surface area contributed by atoms with Gasteiger partial charge in [-0.05, 0) is 62.5 Å². The molecule has 5 heteroatoms. The second-order valence-corrected chi connectivity index (χ2v) is 7.40. The first-order valence-corrected chi connectivity index (χ1v) is 9.87. The van der Waals surface area contributed by atoms with E-state index in [1.54, 1.807) is 0 Å². The second-order valence-electron chi connectivity index (χ2n) is 7.40. The van der Waals surface area contributed by atoms with Crippen molar-refractivity contribution in [1.29, 1.82) is 0 Å². The fourth-order valence-electron chi connectivity index (χ4n) is 2.92. The SMILES string of the molecule is CCCCOc1ccc(C(=O)NC[C@H](c2ccc(N(C)C)cc2)N(C)C)cc1. The number of carbonyl (C=O) groups excluding carboxylic acids is 1. The molecule has 0 aliphatic heterocycles. The maximum Gasteiger partial charge on any atom is 0.251 e. The molecule has 152 valence electrons. The maximum atomic E-state index is 12.5. The van der Waals surface area contributed by atoms with Gasteiger partial charge in [0.1, 0.15) is 5.75 Å². The summed E-state index contributed by atoms with van der Waals surface area (Å²) in [4.78, 5) is 16.7. The van der Waals surface area contributed by atoms with E-state index >= 15 is 0 Å². The number of unbranched alkanes of at least 4 members (excludes halogenated alkanes) is 1. The molecule has 0 aliphatic carbocycles. The van der Waals surface area contributed by atoms with Crippen LogP contribution in [0.15, 0.2) is 48.5 Å². The van der Waals surface area contributed by atoms with Gasteiger partial charge in [0.2, 0.25) is 0 Å². The molecule has 0 bridgehead atoms. The van der Waals surface area contributed by atoms with E-state index in [1.807, 2.05) is 52.5 Å². The molecule has 2 aromatic carbocycles. The van der Waals surface area contributed by atoms with Crippen molar-refractivity contribution in [2.75, 3.05) is 46.2 Å². The fourth-order valence-corrected chi connectivity index (χ4v) is 2.92. The average molecular weight is 384 g/mol. The van der Waals surface area contributed by atoms with Gasteiger partial charge in [0.25, 0.3) is 5.91 Å². The number of hydrogen-bond acceptors (Lipinski definition) is 4. The minimum absolute atomic E-state index is 0.0723. The van der Waals surface area contributed by atoms with Crippen molar-refractivity contribution < 1.29 is 9.53 Å². The summed E-state index contributed by atoms with van der Waals surface area (Å²) in [5.74, 6) is 0.731. The van der Waals surface area contributed by atoms with Crippen LogP contribution in [-0.4, -0.2) is 52.1 Å². The van der Waals surface area contributed by atoms with Gasteiger partial charge >= 0.3 is 0 Å². The Morgan fingerprint density at radius 2 is 1.64 bits per heavy atom. The third kappa shape index (κ3) is 6.27. The number of hydrogen-bond donors (Lipinski definition) is 1. The van der Waals surface area contributed by atoms with Crippen LogP contribution in [0, 0.1) is 0 Å². The number of carbonyl (C=O) groups is 1. The second kappa shape index (κ2) is 10.7. The van der Waals surface area contributed by atoms with E-state index in [2.05, 4.69) is 46.3 Å². The van der Waals surface area contributed by atoms with Gasteiger partial charge in [-0.3, -0.25) is 4.79 Å². The van der Waals surface area contributed by atoms with E-state index < -0.39 is 0 Å². The summed E-state index contributed by atoms with van der Waals surface area (Å²) in [5.41, 5.74) is 2.98. The molecule has 1 N–H and O–H groups in total. The Morgan fingerprint density at radius 3 is 2.18 bits per heavy atom. The number of nitrogens with one attached hydrogen (secondary N) is 1. The van der Waals surface area contributed by atoms with Crippen LogP contribution in [0.4, 0.5) is 5.69 Å². The van der Waals surface area contributed by atoms with E-state index in [0.29, 0.717) is 18.7 Å². The third-order valence-electron chi connectivity index (χ3n) is 4.76. The largest absolute Gasteiger partial charge is 0.494 e. The van der Waals surface area contributed by atoms with Gasteiger partial charge in [-0.2, -0.15) is 0 Å². The van der Waals surface area contributed by atoms with Gasteiger partial charge in [0.05, 0.1) is 12.6 Å². The lowest BCUT2D eigenvalue weighted by atomic mass is 10.0. The van der Waals surface area contributed by atoms with Gasteiger partial charge < -0.3 is 19.9 Å². The molecule has 1 amide bonds. The number of nitrogens with zero attached hydrogens (tertiary/aromatic N) is 2. The van der Waals surface area contributed by atoms with Crippen LogP contribution in [0.1, 0.15) is 41.7 Å². The zero-order valence-electron chi connectivity index (χ0n) is 17.7. The molecule has 2 rings (SSSR count). The summed E-state index contributed by atoms with van der Waals surface area (Å²) in [6.07, 6.45) is 2.13. The van der Waals surface area contributed by atoms with Crippen molar-refractivity contribution in [1.82, 2.24) is 10.2 Å². The summed E-state index contributed by atoms with van der Waals surface area (Å²) in [6.45, 7) is 3.38. The summed E-state index contributed by atoms with van der Waals surface area (Å²) >= 11 is 0. The molecule has 0 fully saturated rings. The van der Waals surface area contributed by atoms with Gasteiger partial charge in [-0.1, -0.05) is 25.5 Å². The van der Waals surface area contributed by atoms with E-state index in [4.69, 9.17) is 4.74 Å². The van der Waals surface area contributed by atoms with Crippen molar-refractivity contribution in [2.45, 2.75) is 25.8 Å². The molecular weight excluding hydrogens is 350 g/mol. The Hall–Kier alpha value is -2.53. The van der Waals surface area contributed by atoms with Crippen LogP contribution >= 0.6 is 0 Å². The quantitative estimate of drug-likeness (QED) is 0.631. The summed E-state index contributed by atoms with van der Waals surface area (Å²) < 4.78 is 5.65. The van der Waals surface area contributed by atoms with Crippen LogP contribution in [0.5, 0.6) is 5.75 Å². The predicted molar refractivity (Wildman–Crippen MR) is 116 cm³/mol. The Kier molecular flexibility index (Phi) is 8.33. The monoisotopic (exact) mass is 383 g/mol. The van der Waals surface area contributed by atoms with Gasteiger partial charge in [-0.25, -0.2) is 0 Å². The average Bonchev–Trinajstić information content (AvgIpc) is 2.69. The normalized spacial score (nSPS) is 11.9. The zero-order valence-corrected chi connectivity index (χ0v) is 17.7. The minimum atomic E-state index is -0.0723. The maximum absolute atomic E-state index is 12.5. The topological polar surface area (TPSA) is 44.8 Å². The van der Waals surface area contributed by atoms with E-state index in [-0.39, 0.29) is 11.9 Å². The first kappa shape index (κ1) is 21.8. The van der Waals surface area contributed by atoms with Gasteiger partial charge in [0.15, 0.2) is 0 Å². The number of rotatable bonds is 10. The van der Waals surface area contributed by atoms with Crippen LogP contribution in [0.2, 0.25) is 0 Å². The smallest absolute Gasteiger partial charge is 0.251 e. The van der Waals surface area contributed by atoms with Crippen LogP contribution in [0.3, 0.4) is 0 Å². The highest BCUT2D eigenvalue weighted by Crippen LogP contribution is 2.21. The molecule has 0 radical (unpaired) electrons. The standard InChI is InChI=1S/C23H33N3O2/c1-6-7-16-28-21-14-10-19(11-15-21)23(27)24-17-22(26(4)5)18-8-12-20(13-9-18)25(2)3/h8-15,22H,6-7,16-17H2,1-5H3,(H,24,27)/t22-/m1/s1. The minimum Gasteiger partial charge on any atom is -0.494 e. The molecule has 0 saturated carbocycles. The summed E-state index contributed by atoms with van der Waals surface area (Å²) in [6, 6.07) is 15.9. The zero-order chi connectivity index (χ0) is 20.5. The van der Waals surface area contributed by atoms with Crippen LogP contribution in [-0.2, 0) is 0 Å². The molecule has 1 atom stereocenters. The molecule has 0 heterocycles. The molecule has 2 aromatic rings. The van der Waals surface area contributed by atoms with E-state index in [9.17, 15) is 4.79 Å². The number of ether oxygens (including phenoxy) is 1. The first-order valence-electron chi connectivity index (χ1n) is 9.87. The van der Waals surface area contributed by atoms with Crippen LogP contribution < -0.4 is 15.0 Å². The lowest BCUT2D eigenvalue weighted by Crippen LogP contribution is -2.34. The lowest BCUT2D eigenvalue weighted by molar-refractivity contribution is 0.0942. The third-order valence-corrected chi connectivity index (χ3v) is 4.76. The number of amides is 1.